The molecule has 2 nitrogen and oxygen atoms in total. The molecule has 1 saturated heterocycles. The molecule has 0 saturated carbocycles. The van der Waals surface area contributed by atoms with E-state index in [2.05, 4.69) is 0 Å². The first-order valence-electron chi connectivity index (χ1n) is 6.54. The van der Waals surface area contributed by atoms with Crippen molar-refractivity contribution in [3.05, 3.63) is 35.4 Å². The standard InChI is InChI=1S/C14H17F3N2S/c15-14(16,17)11-5-7-19(8-6-11)9-10-3-1-2-4-12(10)13(18)20/h1-4,11H,5-9H2,(H2,18,20). The van der Waals surface area contributed by atoms with Gasteiger partial charge in [-0.25, -0.2) is 0 Å². The third-order valence-electron chi connectivity index (χ3n) is 3.73. The number of alkyl halides is 3. The van der Waals surface area contributed by atoms with Crippen LogP contribution in [-0.4, -0.2) is 29.2 Å². The van der Waals surface area contributed by atoms with Gasteiger partial charge in [0.25, 0.3) is 0 Å². The Kier molecular flexibility index (Phi) is 4.65. The summed E-state index contributed by atoms with van der Waals surface area (Å²) in [6.45, 7) is 1.50. The molecule has 110 valence electrons. The Balaban J connectivity index is 1.98. The number of hydrogen-bond donors (Lipinski definition) is 1. The summed E-state index contributed by atoms with van der Waals surface area (Å²) < 4.78 is 37.8. The molecule has 0 aromatic heterocycles. The maximum Gasteiger partial charge on any atom is 0.391 e. The molecule has 1 aliphatic heterocycles. The van der Waals surface area contributed by atoms with Crippen molar-refractivity contribution >= 4 is 17.2 Å². The SMILES string of the molecule is NC(=S)c1ccccc1CN1CCC(C(F)(F)F)CC1. The Labute approximate surface area is 121 Å². The van der Waals surface area contributed by atoms with Crippen LogP contribution in [0.3, 0.4) is 0 Å². The van der Waals surface area contributed by atoms with Crippen LogP contribution in [-0.2, 0) is 6.54 Å². The Morgan fingerprint density at radius 1 is 1.25 bits per heavy atom. The number of hydrogen-bond acceptors (Lipinski definition) is 2. The number of rotatable bonds is 3. The lowest BCUT2D eigenvalue weighted by atomic mass is 9.95. The number of halogens is 3. The highest BCUT2D eigenvalue weighted by Crippen LogP contribution is 2.34. The van der Waals surface area contributed by atoms with Gasteiger partial charge in [-0.2, -0.15) is 13.2 Å². The highest BCUT2D eigenvalue weighted by molar-refractivity contribution is 7.80. The van der Waals surface area contributed by atoms with E-state index >= 15 is 0 Å². The molecule has 0 bridgehead atoms. The predicted molar refractivity (Wildman–Crippen MR) is 76.4 cm³/mol. The molecule has 1 aliphatic rings. The highest BCUT2D eigenvalue weighted by Gasteiger charge is 2.40. The first-order valence-corrected chi connectivity index (χ1v) is 6.95. The average Bonchev–Trinajstić information content (AvgIpc) is 2.38. The van der Waals surface area contributed by atoms with Crippen LogP contribution in [0, 0.1) is 5.92 Å². The van der Waals surface area contributed by atoms with Crippen molar-refractivity contribution in [3.63, 3.8) is 0 Å². The maximum absolute atomic E-state index is 12.6. The molecule has 1 fully saturated rings. The molecular weight excluding hydrogens is 285 g/mol. The van der Waals surface area contributed by atoms with Crippen LogP contribution < -0.4 is 5.73 Å². The molecule has 0 aliphatic carbocycles. The van der Waals surface area contributed by atoms with Crippen LogP contribution in [0.25, 0.3) is 0 Å². The second-order valence-electron chi connectivity index (χ2n) is 5.11. The van der Waals surface area contributed by atoms with E-state index in [1.54, 1.807) is 0 Å². The number of piperidine rings is 1. The van der Waals surface area contributed by atoms with E-state index in [9.17, 15) is 13.2 Å². The highest BCUT2D eigenvalue weighted by atomic mass is 32.1. The van der Waals surface area contributed by atoms with Gasteiger partial charge in [-0.15, -0.1) is 0 Å². The summed E-state index contributed by atoms with van der Waals surface area (Å²) in [5.41, 5.74) is 7.45. The fraction of sp³-hybridized carbons (Fsp3) is 0.500. The molecule has 0 atom stereocenters. The number of benzene rings is 1. The molecule has 0 unspecified atom stereocenters. The van der Waals surface area contributed by atoms with Gasteiger partial charge in [0.1, 0.15) is 4.99 Å². The summed E-state index contributed by atoms with van der Waals surface area (Å²) in [7, 11) is 0. The van der Waals surface area contributed by atoms with Crippen molar-refractivity contribution in [1.29, 1.82) is 0 Å². The van der Waals surface area contributed by atoms with Crippen molar-refractivity contribution in [2.45, 2.75) is 25.6 Å². The van der Waals surface area contributed by atoms with E-state index in [4.69, 9.17) is 18.0 Å². The average molecular weight is 302 g/mol. The number of thiocarbonyl (C=S) groups is 1. The maximum atomic E-state index is 12.6. The second kappa shape index (κ2) is 6.10. The van der Waals surface area contributed by atoms with Gasteiger partial charge in [0.15, 0.2) is 0 Å². The number of likely N-dealkylation sites (tertiary alicyclic amines) is 1. The summed E-state index contributed by atoms with van der Waals surface area (Å²) in [6, 6.07) is 7.51. The molecule has 1 aromatic carbocycles. The van der Waals surface area contributed by atoms with Crippen molar-refractivity contribution in [3.8, 4) is 0 Å². The van der Waals surface area contributed by atoms with Gasteiger partial charge in [-0.3, -0.25) is 4.90 Å². The molecule has 0 amide bonds. The first-order chi connectivity index (χ1) is 9.38. The van der Waals surface area contributed by atoms with E-state index in [1.807, 2.05) is 29.2 Å². The molecular formula is C14H17F3N2S. The van der Waals surface area contributed by atoms with Gasteiger partial charge in [0, 0.05) is 12.1 Å². The van der Waals surface area contributed by atoms with Gasteiger partial charge in [0.05, 0.1) is 5.92 Å². The lowest BCUT2D eigenvalue weighted by molar-refractivity contribution is -0.185. The Bertz CT molecular complexity index is 480. The normalized spacial score (nSPS) is 18.1. The second-order valence-corrected chi connectivity index (χ2v) is 5.55. The zero-order valence-electron chi connectivity index (χ0n) is 11.0. The fourth-order valence-corrected chi connectivity index (χ4v) is 2.76. The van der Waals surface area contributed by atoms with Gasteiger partial charge < -0.3 is 5.73 Å². The predicted octanol–water partition coefficient (Wildman–Crippen LogP) is 3.10. The van der Waals surface area contributed by atoms with E-state index in [0.29, 0.717) is 24.6 Å². The summed E-state index contributed by atoms with van der Waals surface area (Å²) in [4.78, 5) is 2.35. The third kappa shape index (κ3) is 3.70. The van der Waals surface area contributed by atoms with Crippen LogP contribution in [0.2, 0.25) is 0 Å². The molecule has 20 heavy (non-hydrogen) atoms. The third-order valence-corrected chi connectivity index (χ3v) is 3.95. The van der Waals surface area contributed by atoms with Crippen molar-refractivity contribution < 1.29 is 13.2 Å². The van der Waals surface area contributed by atoms with Crippen LogP contribution >= 0.6 is 12.2 Å². The van der Waals surface area contributed by atoms with Gasteiger partial charge in [-0.05, 0) is 31.5 Å². The van der Waals surface area contributed by atoms with Crippen molar-refractivity contribution in [1.82, 2.24) is 4.90 Å². The smallest absolute Gasteiger partial charge is 0.389 e. The zero-order chi connectivity index (χ0) is 14.8. The van der Waals surface area contributed by atoms with Crippen LogP contribution in [0.1, 0.15) is 24.0 Å². The summed E-state index contributed by atoms with van der Waals surface area (Å²) in [6.07, 6.45) is -3.74. The summed E-state index contributed by atoms with van der Waals surface area (Å²) in [5.74, 6) is -1.16. The molecule has 2 rings (SSSR count). The Morgan fingerprint density at radius 2 is 1.85 bits per heavy atom. The quantitative estimate of drug-likeness (QED) is 0.870. The zero-order valence-corrected chi connectivity index (χ0v) is 11.8. The van der Waals surface area contributed by atoms with Crippen LogP contribution in [0.4, 0.5) is 13.2 Å². The Morgan fingerprint density at radius 3 is 2.40 bits per heavy atom. The Hall–Kier alpha value is -1.14. The lowest BCUT2D eigenvalue weighted by Crippen LogP contribution is -2.38. The number of nitrogens with two attached hydrogens (primary N) is 1. The van der Waals surface area contributed by atoms with Crippen molar-refractivity contribution in [2.75, 3.05) is 13.1 Å². The molecule has 0 spiro atoms. The van der Waals surface area contributed by atoms with Gasteiger partial charge in [-0.1, -0.05) is 36.5 Å². The lowest BCUT2D eigenvalue weighted by Gasteiger charge is -2.33. The topological polar surface area (TPSA) is 29.3 Å². The minimum absolute atomic E-state index is 0.165. The van der Waals surface area contributed by atoms with E-state index < -0.39 is 12.1 Å². The van der Waals surface area contributed by atoms with E-state index in [1.165, 1.54) is 0 Å². The molecule has 0 radical (unpaired) electrons. The first kappa shape index (κ1) is 15.3. The van der Waals surface area contributed by atoms with Gasteiger partial charge >= 0.3 is 6.18 Å². The summed E-state index contributed by atoms with van der Waals surface area (Å²) in [5, 5.41) is 0. The van der Waals surface area contributed by atoms with Gasteiger partial charge in [0.2, 0.25) is 0 Å². The number of nitrogens with zero attached hydrogens (tertiary/aromatic N) is 1. The summed E-state index contributed by atoms with van der Waals surface area (Å²) >= 11 is 5.00. The van der Waals surface area contributed by atoms with E-state index in [-0.39, 0.29) is 12.8 Å². The minimum atomic E-state index is -4.07. The molecule has 6 heteroatoms. The van der Waals surface area contributed by atoms with Crippen molar-refractivity contribution in [2.24, 2.45) is 11.7 Å². The fourth-order valence-electron chi connectivity index (χ4n) is 2.56. The molecule has 1 heterocycles. The van der Waals surface area contributed by atoms with Crippen LogP contribution in [0.15, 0.2) is 24.3 Å². The molecule has 1 aromatic rings. The molecule has 2 N–H and O–H groups in total. The monoisotopic (exact) mass is 302 g/mol. The van der Waals surface area contributed by atoms with Crippen LogP contribution in [0.5, 0.6) is 0 Å². The van der Waals surface area contributed by atoms with E-state index in [0.717, 1.165) is 11.1 Å². The largest absolute Gasteiger partial charge is 0.391 e. The minimum Gasteiger partial charge on any atom is -0.389 e.